The molecule has 0 amide bonds. The van der Waals surface area contributed by atoms with Crippen molar-refractivity contribution in [2.45, 2.75) is 19.3 Å². The lowest BCUT2D eigenvalue weighted by Crippen LogP contribution is -2.33. The van der Waals surface area contributed by atoms with E-state index in [-0.39, 0.29) is 0 Å². The Labute approximate surface area is 94.9 Å². The fraction of sp³-hybridized carbons (Fsp3) is 0.636. The maximum atomic E-state index is 12.5. The molecule has 16 heavy (non-hydrogen) atoms. The fourth-order valence-electron chi connectivity index (χ4n) is 1.91. The topological polar surface area (TPSA) is 41.1 Å². The molecule has 1 fully saturated rings. The predicted octanol–water partition coefficient (Wildman–Crippen LogP) is 1.51. The molecular formula is C11H17FN4. The Balaban J connectivity index is 1.69. The molecule has 0 spiro atoms. The van der Waals surface area contributed by atoms with Crippen LogP contribution in [0, 0.1) is 5.82 Å². The van der Waals surface area contributed by atoms with Gasteiger partial charge in [-0.1, -0.05) is 6.42 Å². The molecule has 0 unspecified atom stereocenters. The number of aromatic nitrogens is 2. The molecular weight excluding hydrogens is 207 g/mol. The van der Waals surface area contributed by atoms with Crippen LogP contribution >= 0.6 is 0 Å². The van der Waals surface area contributed by atoms with Gasteiger partial charge in [-0.3, -0.25) is 0 Å². The van der Waals surface area contributed by atoms with Gasteiger partial charge in [-0.25, -0.2) is 14.4 Å². The Bertz CT molecular complexity index is 308. The summed E-state index contributed by atoms with van der Waals surface area (Å²) in [4.78, 5) is 10.1. The third-order valence-electron chi connectivity index (χ3n) is 2.78. The molecule has 1 aliphatic heterocycles. The van der Waals surface area contributed by atoms with Gasteiger partial charge in [0.25, 0.3) is 0 Å². The van der Waals surface area contributed by atoms with E-state index >= 15 is 0 Å². The lowest BCUT2D eigenvalue weighted by Gasteiger charge is -2.26. The van der Waals surface area contributed by atoms with Gasteiger partial charge in [-0.2, -0.15) is 0 Å². The summed E-state index contributed by atoms with van der Waals surface area (Å²) in [7, 11) is 0. The van der Waals surface area contributed by atoms with E-state index in [0.717, 1.165) is 13.1 Å². The smallest absolute Gasteiger partial charge is 0.222 e. The van der Waals surface area contributed by atoms with Crippen molar-refractivity contribution >= 4 is 5.95 Å². The minimum atomic E-state index is -0.401. The van der Waals surface area contributed by atoms with Crippen molar-refractivity contribution in [2.24, 2.45) is 0 Å². The zero-order valence-corrected chi connectivity index (χ0v) is 9.32. The van der Waals surface area contributed by atoms with Gasteiger partial charge >= 0.3 is 0 Å². The van der Waals surface area contributed by atoms with Crippen LogP contribution in [0.5, 0.6) is 0 Å². The summed E-state index contributed by atoms with van der Waals surface area (Å²) in [6.45, 7) is 4.18. The number of hydrogen-bond donors (Lipinski definition) is 1. The second-order valence-corrected chi connectivity index (χ2v) is 4.05. The van der Waals surface area contributed by atoms with Gasteiger partial charge in [0.2, 0.25) is 5.95 Å². The molecule has 1 aliphatic rings. The Hall–Kier alpha value is -1.23. The number of anilines is 1. The number of likely N-dealkylation sites (tertiary alicyclic amines) is 1. The highest BCUT2D eigenvalue weighted by molar-refractivity contribution is 5.22. The molecule has 4 nitrogen and oxygen atoms in total. The van der Waals surface area contributed by atoms with E-state index < -0.39 is 5.82 Å². The van der Waals surface area contributed by atoms with Gasteiger partial charge in [0.05, 0.1) is 12.4 Å². The molecule has 0 atom stereocenters. The first kappa shape index (κ1) is 11.3. The van der Waals surface area contributed by atoms with Crippen molar-refractivity contribution in [3.05, 3.63) is 18.2 Å². The van der Waals surface area contributed by atoms with Crippen LogP contribution in [-0.2, 0) is 0 Å². The van der Waals surface area contributed by atoms with Crippen LogP contribution in [0.3, 0.4) is 0 Å². The zero-order valence-electron chi connectivity index (χ0n) is 9.32. The van der Waals surface area contributed by atoms with Crippen molar-refractivity contribution in [3.63, 3.8) is 0 Å². The molecule has 5 heteroatoms. The van der Waals surface area contributed by atoms with E-state index in [0.29, 0.717) is 5.95 Å². The lowest BCUT2D eigenvalue weighted by molar-refractivity contribution is 0.237. The van der Waals surface area contributed by atoms with E-state index in [2.05, 4.69) is 20.2 Å². The summed E-state index contributed by atoms with van der Waals surface area (Å²) in [5, 5.41) is 3.09. The highest BCUT2D eigenvalue weighted by Gasteiger charge is 2.08. The Morgan fingerprint density at radius 1 is 1.19 bits per heavy atom. The number of nitrogens with one attached hydrogen (secondary N) is 1. The van der Waals surface area contributed by atoms with Crippen LogP contribution in [0.1, 0.15) is 19.3 Å². The monoisotopic (exact) mass is 224 g/mol. The molecule has 0 aromatic carbocycles. The average Bonchev–Trinajstić information content (AvgIpc) is 2.33. The van der Waals surface area contributed by atoms with E-state index in [1.165, 1.54) is 44.7 Å². The second kappa shape index (κ2) is 5.75. The summed E-state index contributed by atoms with van der Waals surface area (Å²) in [5.74, 6) is 0.0972. The molecule has 0 bridgehead atoms. The third kappa shape index (κ3) is 3.41. The molecule has 1 N–H and O–H groups in total. The van der Waals surface area contributed by atoms with E-state index in [1.54, 1.807) is 0 Å². The minimum absolute atomic E-state index is 0.401. The summed E-state index contributed by atoms with van der Waals surface area (Å²) < 4.78 is 12.5. The lowest BCUT2D eigenvalue weighted by atomic mass is 10.1. The Morgan fingerprint density at radius 2 is 1.88 bits per heavy atom. The van der Waals surface area contributed by atoms with E-state index in [1.807, 2.05) is 0 Å². The fourth-order valence-corrected chi connectivity index (χ4v) is 1.91. The first-order valence-corrected chi connectivity index (χ1v) is 5.78. The van der Waals surface area contributed by atoms with Gasteiger partial charge < -0.3 is 10.2 Å². The van der Waals surface area contributed by atoms with Crippen LogP contribution < -0.4 is 5.32 Å². The second-order valence-electron chi connectivity index (χ2n) is 4.05. The van der Waals surface area contributed by atoms with Gasteiger partial charge in [-0.15, -0.1) is 0 Å². The van der Waals surface area contributed by atoms with Gasteiger partial charge in [0, 0.05) is 13.1 Å². The molecule has 0 saturated carbocycles. The number of halogens is 1. The Kier molecular flexibility index (Phi) is 4.04. The van der Waals surface area contributed by atoms with Crippen molar-refractivity contribution in [3.8, 4) is 0 Å². The molecule has 1 aromatic rings. The van der Waals surface area contributed by atoms with Gasteiger partial charge in [-0.05, 0) is 25.9 Å². The van der Waals surface area contributed by atoms with Crippen molar-refractivity contribution in [1.29, 1.82) is 0 Å². The van der Waals surface area contributed by atoms with Crippen LogP contribution in [0.2, 0.25) is 0 Å². The minimum Gasteiger partial charge on any atom is -0.353 e. The van der Waals surface area contributed by atoms with Crippen LogP contribution in [0.25, 0.3) is 0 Å². The number of rotatable bonds is 4. The first-order chi connectivity index (χ1) is 7.84. The normalized spacial score (nSPS) is 17.3. The van der Waals surface area contributed by atoms with Crippen LogP contribution in [0.15, 0.2) is 12.4 Å². The summed E-state index contributed by atoms with van der Waals surface area (Å²) in [5.41, 5.74) is 0. The molecule has 1 saturated heterocycles. The standard InChI is InChI=1S/C11H17FN4/c12-10-8-14-11(15-9-10)13-4-7-16-5-2-1-3-6-16/h8-9H,1-7H2,(H,13,14,15). The third-order valence-corrected chi connectivity index (χ3v) is 2.78. The summed E-state index contributed by atoms with van der Waals surface area (Å²) in [6.07, 6.45) is 6.30. The highest BCUT2D eigenvalue weighted by atomic mass is 19.1. The van der Waals surface area contributed by atoms with Crippen LogP contribution in [-0.4, -0.2) is 41.0 Å². The highest BCUT2D eigenvalue weighted by Crippen LogP contribution is 2.07. The largest absolute Gasteiger partial charge is 0.353 e. The molecule has 1 aromatic heterocycles. The number of hydrogen-bond acceptors (Lipinski definition) is 4. The van der Waals surface area contributed by atoms with Crippen LogP contribution in [0.4, 0.5) is 10.3 Å². The molecule has 0 aliphatic carbocycles. The predicted molar refractivity (Wildman–Crippen MR) is 60.8 cm³/mol. The van der Waals surface area contributed by atoms with Gasteiger partial charge in [0.1, 0.15) is 0 Å². The molecule has 2 heterocycles. The SMILES string of the molecule is Fc1cnc(NCCN2CCCCC2)nc1. The van der Waals surface area contributed by atoms with E-state index in [4.69, 9.17) is 0 Å². The number of nitrogens with zero attached hydrogens (tertiary/aromatic N) is 3. The first-order valence-electron chi connectivity index (χ1n) is 5.78. The van der Waals surface area contributed by atoms with Crippen molar-refractivity contribution in [2.75, 3.05) is 31.5 Å². The Morgan fingerprint density at radius 3 is 2.56 bits per heavy atom. The van der Waals surface area contributed by atoms with Crippen molar-refractivity contribution < 1.29 is 4.39 Å². The molecule has 0 radical (unpaired) electrons. The molecule has 88 valence electrons. The summed E-state index contributed by atoms with van der Waals surface area (Å²) in [6, 6.07) is 0. The summed E-state index contributed by atoms with van der Waals surface area (Å²) >= 11 is 0. The number of piperidine rings is 1. The van der Waals surface area contributed by atoms with E-state index in [9.17, 15) is 4.39 Å². The van der Waals surface area contributed by atoms with Crippen molar-refractivity contribution in [1.82, 2.24) is 14.9 Å². The molecule has 2 rings (SSSR count). The quantitative estimate of drug-likeness (QED) is 0.841. The maximum Gasteiger partial charge on any atom is 0.222 e. The van der Waals surface area contributed by atoms with Gasteiger partial charge in [0.15, 0.2) is 5.82 Å². The zero-order chi connectivity index (χ0) is 11.2. The maximum absolute atomic E-state index is 12.5. The average molecular weight is 224 g/mol.